The number of likely N-dealkylation sites (N-methyl/N-ethyl adjacent to an activating group) is 1. The molecule has 0 saturated heterocycles. The molecule has 0 rings (SSSR count). The molecule has 0 radical (unpaired) electrons. The lowest BCUT2D eigenvalue weighted by atomic mass is 10.1. The Bertz CT molecular complexity index is 319. The second-order valence-corrected chi connectivity index (χ2v) is 6.28. The van der Waals surface area contributed by atoms with Crippen molar-refractivity contribution in [2.75, 3.05) is 33.7 Å². The van der Waals surface area contributed by atoms with E-state index in [0.29, 0.717) is 25.3 Å². The maximum atomic E-state index is 12.3. The van der Waals surface area contributed by atoms with Crippen molar-refractivity contribution in [2.24, 2.45) is 5.92 Å². The summed E-state index contributed by atoms with van der Waals surface area (Å²) in [5.74, 6) is -0.374. The van der Waals surface area contributed by atoms with Crippen LogP contribution in [0.4, 0.5) is 4.79 Å². The lowest BCUT2D eigenvalue weighted by Gasteiger charge is -2.28. The Morgan fingerprint density at radius 2 is 1.76 bits per heavy atom. The summed E-state index contributed by atoms with van der Waals surface area (Å²) in [6, 6.07) is -0.0701. The molecule has 6 nitrogen and oxygen atoms in total. The molecule has 124 valence electrons. The second-order valence-electron chi connectivity index (χ2n) is 6.28. The Balaban J connectivity index is 4.27. The van der Waals surface area contributed by atoms with E-state index in [4.69, 9.17) is 5.11 Å². The van der Waals surface area contributed by atoms with E-state index < -0.39 is 5.97 Å². The van der Waals surface area contributed by atoms with Gasteiger partial charge in [0.1, 0.15) is 0 Å². The third-order valence-electron chi connectivity index (χ3n) is 3.09. The summed E-state index contributed by atoms with van der Waals surface area (Å²) >= 11 is 0. The third-order valence-corrected chi connectivity index (χ3v) is 3.09. The number of rotatable bonds is 10. The maximum absolute atomic E-state index is 12.3. The molecule has 0 aromatic carbocycles. The SMILES string of the molecule is CC(C)CN(CCN(C)C)C(=O)NC(C)CCCC(=O)O. The Labute approximate surface area is 128 Å². The molecule has 0 heterocycles. The monoisotopic (exact) mass is 301 g/mol. The van der Waals surface area contributed by atoms with Gasteiger partial charge in [0, 0.05) is 32.1 Å². The zero-order valence-electron chi connectivity index (χ0n) is 14.1. The first kappa shape index (κ1) is 19.7. The fourth-order valence-electron chi connectivity index (χ4n) is 1.97. The van der Waals surface area contributed by atoms with Crippen LogP contribution in [0.25, 0.3) is 0 Å². The number of nitrogens with zero attached hydrogens (tertiary/aromatic N) is 2. The summed E-state index contributed by atoms with van der Waals surface area (Å²) in [7, 11) is 3.97. The fraction of sp³-hybridized carbons (Fsp3) is 0.867. The zero-order valence-corrected chi connectivity index (χ0v) is 14.1. The van der Waals surface area contributed by atoms with E-state index in [1.54, 1.807) is 0 Å². The molecule has 0 aromatic heterocycles. The highest BCUT2D eigenvalue weighted by Gasteiger charge is 2.17. The zero-order chi connectivity index (χ0) is 16.4. The van der Waals surface area contributed by atoms with Crippen molar-refractivity contribution in [3.05, 3.63) is 0 Å². The molecule has 0 bridgehead atoms. The van der Waals surface area contributed by atoms with E-state index >= 15 is 0 Å². The van der Waals surface area contributed by atoms with E-state index in [-0.39, 0.29) is 18.5 Å². The molecule has 1 atom stereocenters. The molecule has 0 saturated carbocycles. The number of carbonyl (C=O) groups is 2. The van der Waals surface area contributed by atoms with Crippen LogP contribution >= 0.6 is 0 Å². The van der Waals surface area contributed by atoms with Gasteiger partial charge in [-0.3, -0.25) is 4.79 Å². The third kappa shape index (κ3) is 11.1. The summed E-state index contributed by atoms with van der Waals surface area (Å²) in [6.07, 6.45) is 1.41. The molecule has 1 unspecified atom stereocenters. The molecular formula is C15H31N3O3. The van der Waals surface area contributed by atoms with Crippen molar-refractivity contribution >= 4 is 12.0 Å². The Kier molecular flexibility index (Phi) is 9.78. The van der Waals surface area contributed by atoms with Gasteiger partial charge in [0.15, 0.2) is 0 Å². The predicted molar refractivity (Wildman–Crippen MR) is 84.4 cm³/mol. The Hall–Kier alpha value is -1.30. The van der Waals surface area contributed by atoms with Gasteiger partial charge >= 0.3 is 12.0 Å². The number of carboxylic acid groups (broad SMARTS) is 1. The summed E-state index contributed by atoms with van der Waals surface area (Å²) in [6.45, 7) is 8.34. The average molecular weight is 301 g/mol. The molecule has 0 aliphatic heterocycles. The van der Waals surface area contributed by atoms with Crippen molar-refractivity contribution in [1.29, 1.82) is 0 Å². The lowest BCUT2D eigenvalue weighted by Crippen LogP contribution is -2.47. The van der Waals surface area contributed by atoms with Crippen LogP contribution in [0.2, 0.25) is 0 Å². The standard InChI is InChI=1S/C15H31N3O3/c1-12(2)11-18(10-9-17(4)5)15(21)16-13(3)7-6-8-14(19)20/h12-13H,6-11H2,1-5H3,(H,16,21)(H,19,20). The van der Waals surface area contributed by atoms with Crippen LogP contribution in [0.1, 0.15) is 40.0 Å². The maximum Gasteiger partial charge on any atom is 0.317 e. The van der Waals surface area contributed by atoms with Gasteiger partial charge in [-0.2, -0.15) is 0 Å². The molecule has 2 amide bonds. The first-order chi connectivity index (χ1) is 9.72. The molecule has 21 heavy (non-hydrogen) atoms. The van der Waals surface area contributed by atoms with Crippen LogP contribution in [-0.2, 0) is 4.79 Å². The number of amides is 2. The van der Waals surface area contributed by atoms with Gasteiger partial charge in [0.2, 0.25) is 0 Å². The van der Waals surface area contributed by atoms with Gasteiger partial charge in [-0.1, -0.05) is 13.8 Å². The first-order valence-electron chi connectivity index (χ1n) is 7.64. The Morgan fingerprint density at radius 1 is 1.14 bits per heavy atom. The second kappa shape index (κ2) is 10.4. The number of carbonyl (C=O) groups excluding carboxylic acids is 1. The van der Waals surface area contributed by atoms with E-state index in [0.717, 1.165) is 13.1 Å². The molecule has 0 aromatic rings. The van der Waals surface area contributed by atoms with Crippen molar-refractivity contribution in [2.45, 2.75) is 46.1 Å². The number of aliphatic carboxylic acids is 1. The molecule has 0 aliphatic carbocycles. The van der Waals surface area contributed by atoms with Gasteiger partial charge in [-0.25, -0.2) is 4.79 Å². The van der Waals surface area contributed by atoms with Crippen LogP contribution < -0.4 is 5.32 Å². The smallest absolute Gasteiger partial charge is 0.317 e. The fourth-order valence-corrected chi connectivity index (χ4v) is 1.97. The highest BCUT2D eigenvalue weighted by atomic mass is 16.4. The van der Waals surface area contributed by atoms with Crippen molar-refractivity contribution < 1.29 is 14.7 Å². The van der Waals surface area contributed by atoms with Crippen LogP contribution in [0, 0.1) is 5.92 Å². The molecule has 6 heteroatoms. The van der Waals surface area contributed by atoms with E-state index in [2.05, 4.69) is 24.1 Å². The largest absolute Gasteiger partial charge is 0.481 e. The number of urea groups is 1. The summed E-state index contributed by atoms with van der Waals surface area (Å²) in [5, 5.41) is 11.6. The van der Waals surface area contributed by atoms with Gasteiger partial charge in [-0.15, -0.1) is 0 Å². The number of carboxylic acids is 1. The number of hydrogen-bond acceptors (Lipinski definition) is 3. The van der Waals surface area contributed by atoms with E-state index in [9.17, 15) is 9.59 Å². The quantitative estimate of drug-likeness (QED) is 0.646. The minimum Gasteiger partial charge on any atom is -0.481 e. The molecule has 0 aliphatic rings. The molecule has 0 spiro atoms. The highest BCUT2D eigenvalue weighted by molar-refractivity contribution is 5.74. The van der Waals surface area contributed by atoms with Crippen molar-refractivity contribution in [1.82, 2.24) is 15.1 Å². The predicted octanol–water partition coefficient (Wildman–Crippen LogP) is 1.86. The summed E-state index contributed by atoms with van der Waals surface area (Å²) < 4.78 is 0. The topological polar surface area (TPSA) is 72.9 Å². The summed E-state index contributed by atoms with van der Waals surface area (Å²) in [5.41, 5.74) is 0. The van der Waals surface area contributed by atoms with Gasteiger partial charge in [0.25, 0.3) is 0 Å². The summed E-state index contributed by atoms with van der Waals surface area (Å²) in [4.78, 5) is 26.6. The van der Waals surface area contributed by atoms with Crippen molar-refractivity contribution in [3.63, 3.8) is 0 Å². The normalized spacial score (nSPS) is 12.5. The minimum absolute atomic E-state index is 0.00846. The van der Waals surface area contributed by atoms with Crippen LogP contribution in [0.15, 0.2) is 0 Å². The average Bonchev–Trinajstić information content (AvgIpc) is 2.33. The molecule has 0 fully saturated rings. The Morgan fingerprint density at radius 3 is 2.24 bits per heavy atom. The van der Waals surface area contributed by atoms with Gasteiger partial charge in [-0.05, 0) is 39.8 Å². The lowest BCUT2D eigenvalue weighted by molar-refractivity contribution is -0.137. The number of hydrogen-bond donors (Lipinski definition) is 2. The van der Waals surface area contributed by atoms with Crippen LogP contribution in [0.3, 0.4) is 0 Å². The van der Waals surface area contributed by atoms with Gasteiger partial charge < -0.3 is 20.2 Å². The molecular weight excluding hydrogens is 270 g/mol. The first-order valence-corrected chi connectivity index (χ1v) is 7.64. The highest BCUT2D eigenvalue weighted by Crippen LogP contribution is 2.04. The van der Waals surface area contributed by atoms with E-state index in [1.807, 2.05) is 25.9 Å². The molecule has 2 N–H and O–H groups in total. The van der Waals surface area contributed by atoms with E-state index in [1.165, 1.54) is 0 Å². The minimum atomic E-state index is -0.791. The van der Waals surface area contributed by atoms with Crippen LogP contribution in [0.5, 0.6) is 0 Å². The van der Waals surface area contributed by atoms with Crippen LogP contribution in [-0.4, -0.2) is 66.7 Å². The van der Waals surface area contributed by atoms with Crippen molar-refractivity contribution in [3.8, 4) is 0 Å². The van der Waals surface area contributed by atoms with Gasteiger partial charge in [0.05, 0.1) is 0 Å². The number of nitrogens with one attached hydrogen (secondary N) is 1.